The van der Waals surface area contributed by atoms with Gasteiger partial charge in [-0.1, -0.05) is 15.9 Å². The number of carboxylic acid groups (broad SMARTS) is 1. The monoisotopic (exact) mass is 258 g/mol. The molecule has 1 N–H and O–H groups in total. The minimum absolute atomic E-state index is 0.183. The van der Waals surface area contributed by atoms with Crippen LogP contribution >= 0.6 is 15.9 Å². The summed E-state index contributed by atoms with van der Waals surface area (Å²) in [5, 5.41) is 8.94. The quantitative estimate of drug-likeness (QED) is 0.888. The molecule has 0 aliphatic heterocycles. The first-order valence-electron chi connectivity index (χ1n) is 4.06. The van der Waals surface area contributed by atoms with Crippen LogP contribution in [0.5, 0.6) is 5.75 Å². The molecule has 0 unspecified atom stereocenters. The van der Waals surface area contributed by atoms with Crippen molar-refractivity contribution in [1.82, 2.24) is 0 Å². The molecular weight excluding hydrogens is 248 g/mol. The van der Waals surface area contributed by atoms with Crippen LogP contribution in [0.25, 0.3) is 0 Å². The van der Waals surface area contributed by atoms with Crippen LogP contribution in [0, 0.1) is 13.8 Å². The number of hydrogen-bond acceptors (Lipinski definition) is 2. The first kappa shape index (κ1) is 11.0. The normalized spacial score (nSPS) is 10.0. The topological polar surface area (TPSA) is 46.5 Å². The Morgan fingerprint density at radius 3 is 2.43 bits per heavy atom. The highest BCUT2D eigenvalue weighted by molar-refractivity contribution is 9.10. The molecule has 76 valence electrons. The summed E-state index contributed by atoms with van der Waals surface area (Å²) >= 11 is 3.31. The number of carbonyl (C=O) groups is 1. The second-order valence-electron chi connectivity index (χ2n) is 2.99. The van der Waals surface area contributed by atoms with E-state index in [1.54, 1.807) is 6.07 Å². The van der Waals surface area contributed by atoms with Crippen LogP contribution in [0.15, 0.2) is 10.5 Å². The van der Waals surface area contributed by atoms with Crippen molar-refractivity contribution in [2.45, 2.75) is 13.8 Å². The zero-order valence-electron chi connectivity index (χ0n) is 8.22. The molecule has 14 heavy (non-hydrogen) atoms. The van der Waals surface area contributed by atoms with Gasteiger partial charge < -0.3 is 9.84 Å². The lowest BCUT2D eigenvalue weighted by molar-refractivity contribution is 0.0693. The number of benzene rings is 1. The van der Waals surface area contributed by atoms with Gasteiger partial charge in [0.2, 0.25) is 0 Å². The molecule has 1 rings (SSSR count). The predicted octanol–water partition coefficient (Wildman–Crippen LogP) is 2.77. The third kappa shape index (κ3) is 1.75. The summed E-state index contributed by atoms with van der Waals surface area (Å²) in [5.41, 5.74) is 2.02. The molecule has 0 amide bonds. The van der Waals surface area contributed by atoms with Gasteiger partial charge in [0, 0.05) is 4.47 Å². The summed E-state index contributed by atoms with van der Waals surface area (Å²) in [6, 6.07) is 1.56. The van der Waals surface area contributed by atoms with E-state index in [1.807, 2.05) is 13.8 Å². The van der Waals surface area contributed by atoms with Crippen LogP contribution in [-0.2, 0) is 0 Å². The van der Waals surface area contributed by atoms with E-state index in [2.05, 4.69) is 15.9 Å². The van der Waals surface area contributed by atoms with Crippen molar-refractivity contribution in [3.8, 4) is 5.75 Å². The van der Waals surface area contributed by atoms with Crippen molar-refractivity contribution >= 4 is 21.9 Å². The smallest absolute Gasteiger partial charge is 0.339 e. The first-order chi connectivity index (χ1) is 6.49. The van der Waals surface area contributed by atoms with Crippen LogP contribution in [0.3, 0.4) is 0 Å². The van der Waals surface area contributed by atoms with E-state index in [-0.39, 0.29) is 5.56 Å². The van der Waals surface area contributed by atoms with Crippen LogP contribution in [0.1, 0.15) is 21.5 Å². The minimum Gasteiger partial charge on any atom is -0.496 e. The summed E-state index contributed by atoms with van der Waals surface area (Å²) in [6.45, 7) is 3.75. The van der Waals surface area contributed by atoms with Gasteiger partial charge in [0.05, 0.1) is 7.11 Å². The highest BCUT2D eigenvalue weighted by atomic mass is 79.9. The molecule has 0 radical (unpaired) electrons. The maximum Gasteiger partial charge on any atom is 0.339 e. The Kier molecular flexibility index (Phi) is 3.16. The number of ether oxygens (including phenoxy) is 1. The number of rotatable bonds is 2. The molecule has 4 heteroatoms. The van der Waals surface area contributed by atoms with Gasteiger partial charge in [-0.25, -0.2) is 4.79 Å². The maximum absolute atomic E-state index is 10.9. The Bertz CT molecular complexity index is 385. The van der Waals surface area contributed by atoms with Gasteiger partial charge in [-0.05, 0) is 31.0 Å². The Morgan fingerprint density at radius 1 is 1.43 bits per heavy atom. The summed E-state index contributed by atoms with van der Waals surface area (Å²) in [6.07, 6.45) is 0. The molecule has 0 atom stereocenters. The van der Waals surface area contributed by atoms with Gasteiger partial charge in [0.25, 0.3) is 0 Å². The molecule has 0 bridgehead atoms. The maximum atomic E-state index is 10.9. The molecular formula is C10H11BrO3. The van der Waals surface area contributed by atoms with Crippen LogP contribution in [0.2, 0.25) is 0 Å². The van der Waals surface area contributed by atoms with E-state index >= 15 is 0 Å². The van der Waals surface area contributed by atoms with E-state index in [9.17, 15) is 4.79 Å². The lowest BCUT2D eigenvalue weighted by Crippen LogP contribution is -2.03. The lowest BCUT2D eigenvalue weighted by atomic mass is 10.0. The van der Waals surface area contributed by atoms with Gasteiger partial charge >= 0.3 is 5.97 Å². The summed E-state index contributed by atoms with van der Waals surface area (Å²) in [4.78, 5) is 10.9. The van der Waals surface area contributed by atoms with E-state index in [1.165, 1.54) is 7.11 Å². The van der Waals surface area contributed by atoms with Crippen LogP contribution in [-0.4, -0.2) is 18.2 Å². The summed E-state index contributed by atoms with van der Waals surface area (Å²) in [7, 11) is 1.47. The van der Waals surface area contributed by atoms with E-state index in [0.29, 0.717) is 5.75 Å². The standard InChI is InChI=1S/C10H11BrO3/c1-5-6(2)9(14-3)7(10(12)13)4-8(5)11/h4H,1-3H3,(H,12,13). The third-order valence-electron chi connectivity index (χ3n) is 2.21. The largest absolute Gasteiger partial charge is 0.496 e. The number of methoxy groups -OCH3 is 1. The molecule has 0 saturated heterocycles. The third-order valence-corrected chi connectivity index (χ3v) is 3.04. The number of carboxylic acids is 1. The molecule has 0 aliphatic rings. The number of halogens is 1. The van der Waals surface area contributed by atoms with Crippen molar-refractivity contribution in [3.05, 3.63) is 27.2 Å². The van der Waals surface area contributed by atoms with Crippen molar-refractivity contribution in [2.75, 3.05) is 7.11 Å². The highest BCUT2D eigenvalue weighted by Gasteiger charge is 2.16. The summed E-state index contributed by atoms with van der Waals surface area (Å²) < 4.78 is 5.86. The SMILES string of the molecule is COc1c(C(=O)O)cc(Br)c(C)c1C. The van der Waals surface area contributed by atoms with Gasteiger partial charge in [-0.15, -0.1) is 0 Å². The van der Waals surface area contributed by atoms with Gasteiger partial charge in [0.15, 0.2) is 0 Å². The molecule has 3 nitrogen and oxygen atoms in total. The van der Waals surface area contributed by atoms with E-state index in [0.717, 1.165) is 15.6 Å². The zero-order valence-corrected chi connectivity index (χ0v) is 9.81. The molecule has 0 saturated carbocycles. The van der Waals surface area contributed by atoms with Crippen molar-refractivity contribution in [3.63, 3.8) is 0 Å². The Morgan fingerprint density at radius 2 is 2.00 bits per heavy atom. The Balaban J connectivity index is 3.51. The Labute approximate surface area is 90.8 Å². The van der Waals surface area contributed by atoms with E-state index in [4.69, 9.17) is 9.84 Å². The average molecular weight is 259 g/mol. The van der Waals surface area contributed by atoms with E-state index < -0.39 is 5.97 Å². The second kappa shape index (κ2) is 4.00. The number of aromatic carboxylic acids is 1. The zero-order chi connectivity index (χ0) is 10.9. The molecule has 1 aromatic rings. The minimum atomic E-state index is -0.981. The van der Waals surface area contributed by atoms with Crippen molar-refractivity contribution < 1.29 is 14.6 Å². The fourth-order valence-corrected chi connectivity index (χ4v) is 1.80. The molecule has 0 aromatic heterocycles. The van der Waals surface area contributed by atoms with Gasteiger partial charge in [-0.2, -0.15) is 0 Å². The van der Waals surface area contributed by atoms with Crippen LogP contribution in [0.4, 0.5) is 0 Å². The average Bonchev–Trinajstić information content (AvgIpc) is 2.13. The van der Waals surface area contributed by atoms with Crippen molar-refractivity contribution in [2.24, 2.45) is 0 Å². The fraction of sp³-hybridized carbons (Fsp3) is 0.300. The Hall–Kier alpha value is -1.03. The molecule has 0 fully saturated rings. The summed E-state index contributed by atoms with van der Waals surface area (Å²) in [5.74, 6) is -0.552. The highest BCUT2D eigenvalue weighted by Crippen LogP contribution is 2.31. The number of hydrogen-bond donors (Lipinski definition) is 1. The second-order valence-corrected chi connectivity index (χ2v) is 3.85. The fourth-order valence-electron chi connectivity index (χ4n) is 1.27. The lowest BCUT2D eigenvalue weighted by Gasteiger charge is -2.12. The molecule has 0 heterocycles. The van der Waals surface area contributed by atoms with Gasteiger partial charge in [0.1, 0.15) is 11.3 Å². The van der Waals surface area contributed by atoms with Crippen LogP contribution < -0.4 is 4.74 Å². The molecule has 0 spiro atoms. The van der Waals surface area contributed by atoms with Gasteiger partial charge in [-0.3, -0.25) is 0 Å². The molecule has 1 aromatic carbocycles. The van der Waals surface area contributed by atoms with Crippen molar-refractivity contribution in [1.29, 1.82) is 0 Å². The first-order valence-corrected chi connectivity index (χ1v) is 4.85. The predicted molar refractivity (Wildman–Crippen MR) is 57.1 cm³/mol. The molecule has 0 aliphatic carbocycles.